The summed E-state index contributed by atoms with van der Waals surface area (Å²) in [4.78, 5) is 10.2. The second-order valence-corrected chi connectivity index (χ2v) is 7.87. The Bertz CT molecular complexity index is 1050. The van der Waals surface area contributed by atoms with E-state index in [4.69, 9.17) is 4.52 Å². The molecule has 2 aromatic carbocycles. The molecule has 29 heavy (non-hydrogen) atoms. The van der Waals surface area contributed by atoms with E-state index in [1.807, 2.05) is 18.2 Å². The summed E-state index contributed by atoms with van der Waals surface area (Å²) in [5, 5.41) is 5.46. The molecule has 0 saturated carbocycles. The van der Waals surface area contributed by atoms with Crippen LogP contribution in [0.5, 0.6) is 0 Å². The van der Waals surface area contributed by atoms with Gasteiger partial charge in [0.05, 0.1) is 0 Å². The third-order valence-electron chi connectivity index (χ3n) is 5.23. The van der Waals surface area contributed by atoms with Gasteiger partial charge >= 0.3 is 0 Å². The smallest absolute Gasteiger partial charge is 0.226 e. The number of aryl methyl sites for hydroxylation is 2. The molecule has 0 aliphatic heterocycles. The summed E-state index contributed by atoms with van der Waals surface area (Å²) in [5.74, 6) is 1.48. The molecule has 0 saturated heterocycles. The van der Waals surface area contributed by atoms with E-state index >= 15 is 0 Å². The molecule has 2 heterocycles. The van der Waals surface area contributed by atoms with Crippen molar-refractivity contribution in [3.63, 3.8) is 0 Å². The van der Waals surface area contributed by atoms with E-state index in [2.05, 4.69) is 70.6 Å². The monoisotopic (exact) mass is 388 g/mol. The van der Waals surface area contributed by atoms with E-state index in [1.165, 1.54) is 27.6 Å². The van der Waals surface area contributed by atoms with E-state index in [9.17, 15) is 0 Å². The Labute approximate surface area is 171 Å². The van der Waals surface area contributed by atoms with Crippen molar-refractivity contribution in [1.82, 2.24) is 20.0 Å². The second kappa shape index (κ2) is 9.05. The van der Waals surface area contributed by atoms with Crippen molar-refractivity contribution in [2.45, 2.75) is 32.1 Å². The summed E-state index contributed by atoms with van der Waals surface area (Å²) < 4.78 is 5.44. The third-order valence-corrected chi connectivity index (χ3v) is 5.23. The van der Waals surface area contributed by atoms with Gasteiger partial charge in [-0.05, 0) is 62.2 Å². The number of likely N-dealkylation sites (N-methyl/N-ethyl adjacent to an activating group) is 1. The van der Waals surface area contributed by atoms with Crippen LogP contribution in [0.25, 0.3) is 10.9 Å². The largest absolute Gasteiger partial charge is 0.361 e. The van der Waals surface area contributed by atoms with Crippen molar-refractivity contribution in [2.75, 3.05) is 20.6 Å². The Hall–Kier alpha value is -2.92. The first-order chi connectivity index (χ1) is 14.2. The molecule has 0 radical (unpaired) electrons. The van der Waals surface area contributed by atoms with Crippen molar-refractivity contribution in [3.05, 3.63) is 83.1 Å². The molecule has 5 heteroatoms. The highest BCUT2D eigenvalue weighted by Crippen LogP contribution is 2.21. The van der Waals surface area contributed by atoms with E-state index < -0.39 is 0 Å². The van der Waals surface area contributed by atoms with Crippen LogP contribution in [0.2, 0.25) is 0 Å². The molecule has 1 N–H and O–H groups in total. The summed E-state index contributed by atoms with van der Waals surface area (Å²) in [6.45, 7) is 1.06. The van der Waals surface area contributed by atoms with Crippen molar-refractivity contribution in [1.29, 1.82) is 0 Å². The van der Waals surface area contributed by atoms with E-state index in [0.717, 1.165) is 43.9 Å². The van der Waals surface area contributed by atoms with Gasteiger partial charge in [0.2, 0.25) is 5.89 Å². The molecular weight excluding hydrogens is 360 g/mol. The maximum Gasteiger partial charge on any atom is 0.226 e. The number of H-pyrrole nitrogens is 1. The number of hydrogen-bond donors (Lipinski definition) is 1. The predicted octanol–water partition coefficient (Wildman–Crippen LogP) is 4.42. The molecule has 150 valence electrons. The van der Waals surface area contributed by atoms with Gasteiger partial charge in [-0.3, -0.25) is 0 Å². The van der Waals surface area contributed by atoms with Crippen molar-refractivity contribution >= 4 is 10.9 Å². The number of hydrogen-bond acceptors (Lipinski definition) is 4. The topological polar surface area (TPSA) is 58.0 Å². The van der Waals surface area contributed by atoms with Gasteiger partial charge in [-0.1, -0.05) is 41.6 Å². The van der Waals surface area contributed by atoms with Crippen molar-refractivity contribution in [3.8, 4) is 0 Å². The minimum atomic E-state index is 0.713. The van der Waals surface area contributed by atoms with Gasteiger partial charge in [-0.2, -0.15) is 4.98 Å². The van der Waals surface area contributed by atoms with Crippen LogP contribution in [0, 0.1) is 0 Å². The molecule has 0 aliphatic carbocycles. The zero-order valence-electron chi connectivity index (χ0n) is 17.2. The van der Waals surface area contributed by atoms with Crippen molar-refractivity contribution < 1.29 is 4.52 Å². The van der Waals surface area contributed by atoms with Gasteiger partial charge in [0.25, 0.3) is 0 Å². The molecule has 0 aliphatic rings. The molecule has 0 unspecified atom stereocenters. The zero-order valence-corrected chi connectivity index (χ0v) is 17.2. The lowest BCUT2D eigenvalue weighted by molar-refractivity contribution is 0.371. The molecule has 4 rings (SSSR count). The van der Waals surface area contributed by atoms with E-state index in [0.29, 0.717) is 6.42 Å². The first-order valence-corrected chi connectivity index (χ1v) is 10.3. The zero-order chi connectivity index (χ0) is 20.1. The summed E-state index contributed by atoms with van der Waals surface area (Å²) in [7, 11) is 4.23. The molecular formula is C24H28N4O. The van der Waals surface area contributed by atoms with E-state index in [-0.39, 0.29) is 0 Å². The van der Waals surface area contributed by atoms with E-state index in [1.54, 1.807) is 0 Å². The Kier molecular flexibility index (Phi) is 6.06. The van der Waals surface area contributed by atoms with Gasteiger partial charge in [0, 0.05) is 36.5 Å². The summed E-state index contributed by atoms with van der Waals surface area (Å²) in [6.07, 6.45) is 6.72. The highest BCUT2D eigenvalue weighted by atomic mass is 16.5. The highest BCUT2D eigenvalue weighted by molar-refractivity contribution is 5.83. The van der Waals surface area contributed by atoms with Crippen LogP contribution >= 0.6 is 0 Å². The maximum atomic E-state index is 5.44. The molecule has 4 aromatic rings. The third kappa shape index (κ3) is 5.12. The minimum absolute atomic E-state index is 0.713. The molecule has 0 fully saturated rings. The normalized spacial score (nSPS) is 11.6. The number of nitrogens with one attached hydrogen (secondary N) is 1. The molecule has 0 atom stereocenters. The van der Waals surface area contributed by atoms with Gasteiger partial charge < -0.3 is 14.4 Å². The van der Waals surface area contributed by atoms with Crippen LogP contribution < -0.4 is 0 Å². The Morgan fingerprint density at radius 2 is 1.83 bits per heavy atom. The van der Waals surface area contributed by atoms with Gasteiger partial charge in [-0.15, -0.1) is 0 Å². The first-order valence-electron chi connectivity index (χ1n) is 10.3. The number of fused-ring (bicyclic) bond motifs is 1. The number of benzene rings is 2. The quantitative estimate of drug-likeness (QED) is 0.461. The van der Waals surface area contributed by atoms with Crippen LogP contribution in [0.15, 0.2) is 59.3 Å². The Morgan fingerprint density at radius 3 is 2.66 bits per heavy atom. The van der Waals surface area contributed by atoms with Crippen LogP contribution in [0.1, 0.15) is 34.8 Å². The first kappa shape index (κ1) is 19.4. The number of aromatic nitrogens is 3. The molecule has 2 aromatic heterocycles. The van der Waals surface area contributed by atoms with Crippen LogP contribution in [-0.4, -0.2) is 40.7 Å². The van der Waals surface area contributed by atoms with Crippen LogP contribution in [-0.2, 0) is 25.7 Å². The average molecular weight is 389 g/mol. The Morgan fingerprint density at radius 1 is 0.966 bits per heavy atom. The lowest BCUT2D eigenvalue weighted by atomic mass is 10.0. The SMILES string of the molecule is CN(C)CCc1c[nH]c2ccc(CCCc3nc(Cc4ccccc4)no3)cc12. The molecule has 0 spiro atoms. The van der Waals surface area contributed by atoms with Crippen LogP contribution in [0.3, 0.4) is 0 Å². The Balaban J connectivity index is 1.33. The lowest BCUT2D eigenvalue weighted by Gasteiger charge is -2.08. The van der Waals surface area contributed by atoms with Crippen LogP contribution in [0.4, 0.5) is 0 Å². The summed E-state index contributed by atoms with van der Waals surface area (Å²) >= 11 is 0. The average Bonchev–Trinajstić information content (AvgIpc) is 3.33. The maximum absolute atomic E-state index is 5.44. The van der Waals surface area contributed by atoms with Crippen molar-refractivity contribution in [2.24, 2.45) is 0 Å². The summed E-state index contributed by atoms with van der Waals surface area (Å²) in [6, 6.07) is 17.0. The standard InChI is InChI=1S/C24H28N4O/c1-28(2)14-13-20-17-25-22-12-11-19(15-21(20)22)9-6-10-24-26-23(27-29-24)16-18-7-4-3-5-8-18/h3-5,7-8,11-12,15,17,25H,6,9-10,13-14,16H2,1-2H3. The van der Waals surface area contributed by atoms with Gasteiger partial charge in [-0.25, -0.2) is 0 Å². The minimum Gasteiger partial charge on any atom is -0.361 e. The summed E-state index contributed by atoms with van der Waals surface area (Å²) in [5.41, 5.74) is 5.15. The number of aromatic amines is 1. The van der Waals surface area contributed by atoms with Gasteiger partial charge in [0.15, 0.2) is 5.82 Å². The number of rotatable bonds is 9. The van der Waals surface area contributed by atoms with Gasteiger partial charge in [0.1, 0.15) is 0 Å². The lowest BCUT2D eigenvalue weighted by Crippen LogP contribution is -2.14. The fourth-order valence-electron chi connectivity index (χ4n) is 3.62. The second-order valence-electron chi connectivity index (χ2n) is 7.87. The highest BCUT2D eigenvalue weighted by Gasteiger charge is 2.09. The predicted molar refractivity (Wildman–Crippen MR) is 116 cm³/mol. The fourth-order valence-corrected chi connectivity index (χ4v) is 3.62. The fraction of sp³-hybridized carbons (Fsp3) is 0.333. The number of nitrogens with zero attached hydrogens (tertiary/aromatic N) is 3. The molecule has 0 bridgehead atoms. The molecule has 5 nitrogen and oxygen atoms in total. The molecule has 0 amide bonds.